The maximum atomic E-state index is 11.7. The summed E-state index contributed by atoms with van der Waals surface area (Å²) in [5, 5.41) is 4.98. The van der Waals surface area contributed by atoms with Crippen molar-refractivity contribution in [3.05, 3.63) is 29.8 Å². The monoisotopic (exact) mass is 299 g/mol. The number of esters is 1. The molecule has 0 saturated carbocycles. The fourth-order valence-electron chi connectivity index (χ4n) is 1.73. The SMILES string of the molecule is CCCCCCCOC(=O)c1ccc(S(N)(=O)=O)cc1. The Balaban J connectivity index is 2.40. The minimum absolute atomic E-state index is 0.0198. The number of ether oxygens (including phenoxy) is 1. The van der Waals surface area contributed by atoms with Gasteiger partial charge in [-0.2, -0.15) is 0 Å². The minimum atomic E-state index is -3.73. The van der Waals surface area contributed by atoms with E-state index in [1.165, 1.54) is 37.1 Å². The molecule has 6 heteroatoms. The van der Waals surface area contributed by atoms with E-state index in [-0.39, 0.29) is 4.90 Å². The summed E-state index contributed by atoms with van der Waals surface area (Å²) in [6.45, 7) is 2.53. The van der Waals surface area contributed by atoms with Crippen LogP contribution in [0, 0.1) is 0 Å². The lowest BCUT2D eigenvalue weighted by Crippen LogP contribution is -2.12. The van der Waals surface area contributed by atoms with Crippen molar-refractivity contribution in [1.82, 2.24) is 0 Å². The summed E-state index contributed by atoms with van der Waals surface area (Å²) in [4.78, 5) is 11.7. The van der Waals surface area contributed by atoms with E-state index in [2.05, 4.69) is 6.92 Å². The Hall–Kier alpha value is -1.40. The summed E-state index contributed by atoms with van der Waals surface area (Å²) in [5.41, 5.74) is 0.325. The molecule has 1 aromatic rings. The van der Waals surface area contributed by atoms with E-state index < -0.39 is 16.0 Å². The Labute approximate surface area is 120 Å². The van der Waals surface area contributed by atoms with Gasteiger partial charge in [0.25, 0.3) is 0 Å². The maximum Gasteiger partial charge on any atom is 0.338 e. The van der Waals surface area contributed by atoms with Crippen LogP contribution < -0.4 is 5.14 Å². The molecule has 0 bridgehead atoms. The summed E-state index contributed by atoms with van der Waals surface area (Å²) in [6.07, 6.45) is 5.42. The van der Waals surface area contributed by atoms with Gasteiger partial charge >= 0.3 is 5.97 Å². The van der Waals surface area contributed by atoms with Crippen molar-refractivity contribution >= 4 is 16.0 Å². The second-order valence-corrected chi connectivity index (χ2v) is 6.18. The van der Waals surface area contributed by atoms with E-state index in [1.807, 2.05) is 0 Å². The molecule has 5 nitrogen and oxygen atoms in total. The Morgan fingerprint density at radius 2 is 1.70 bits per heavy atom. The first-order chi connectivity index (χ1) is 9.45. The smallest absolute Gasteiger partial charge is 0.338 e. The van der Waals surface area contributed by atoms with Crippen LogP contribution in [-0.2, 0) is 14.8 Å². The number of hydrogen-bond donors (Lipinski definition) is 1. The fourth-order valence-corrected chi connectivity index (χ4v) is 2.25. The van der Waals surface area contributed by atoms with Crippen LogP contribution in [0.3, 0.4) is 0 Å². The number of primary sulfonamides is 1. The van der Waals surface area contributed by atoms with Crippen LogP contribution in [0.4, 0.5) is 0 Å². The number of carbonyl (C=O) groups excluding carboxylic acids is 1. The molecule has 0 spiro atoms. The van der Waals surface area contributed by atoms with Gasteiger partial charge in [-0.05, 0) is 30.7 Å². The number of benzene rings is 1. The summed E-state index contributed by atoms with van der Waals surface area (Å²) in [6, 6.07) is 5.40. The second kappa shape index (κ2) is 8.01. The van der Waals surface area contributed by atoms with Crippen LogP contribution in [0.25, 0.3) is 0 Å². The Kier molecular flexibility index (Phi) is 6.67. The summed E-state index contributed by atoms with van der Waals surface area (Å²) in [5.74, 6) is -0.443. The highest BCUT2D eigenvalue weighted by Gasteiger charge is 2.10. The lowest BCUT2D eigenvalue weighted by atomic mass is 10.2. The quantitative estimate of drug-likeness (QED) is 0.590. The standard InChI is InChI=1S/C14H21NO4S/c1-2-3-4-5-6-11-19-14(16)12-7-9-13(10-8-12)20(15,17)18/h7-10H,2-6,11H2,1H3,(H2,15,17,18). The Morgan fingerprint density at radius 1 is 1.10 bits per heavy atom. The van der Waals surface area contributed by atoms with Crippen LogP contribution in [0.2, 0.25) is 0 Å². The topological polar surface area (TPSA) is 86.5 Å². The highest BCUT2D eigenvalue weighted by atomic mass is 32.2. The third-order valence-electron chi connectivity index (χ3n) is 2.90. The average molecular weight is 299 g/mol. The van der Waals surface area contributed by atoms with Gasteiger partial charge in [0.1, 0.15) is 0 Å². The van der Waals surface area contributed by atoms with Gasteiger partial charge in [0.05, 0.1) is 17.1 Å². The van der Waals surface area contributed by atoms with Crippen molar-refractivity contribution in [2.75, 3.05) is 6.61 Å². The first-order valence-electron chi connectivity index (χ1n) is 6.75. The van der Waals surface area contributed by atoms with Crippen molar-refractivity contribution in [2.24, 2.45) is 5.14 Å². The second-order valence-electron chi connectivity index (χ2n) is 4.62. The van der Waals surface area contributed by atoms with E-state index in [1.54, 1.807) is 0 Å². The molecule has 0 aliphatic rings. The zero-order valence-corrected chi connectivity index (χ0v) is 12.5. The van der Waals surface area contributed by atoms with E-state index >= 15 is 0 Å². The van der Waals surface area contributed by atoms with Crippen molar-refractivity contribution in [3.63, 3.8) is 0 Å². The fraction of sp³-hybridized carbons (Fsp3) is 0.500. The molecule has 1 rings (SSSR count). The highest BCUT2D eigenvalue weighted by Crippen LogP contribution is 2.10. The molecule has 0 atom stereocenters. The molecule has 112 valence electrons. The third-order valence-corrected chi connectivity index (χ3v) is 3.83. The number of carbonyl (C=O) groups is 1. The number of hydrogen-bond acceptors (Lipinski definition) is 4. The van der Waals surface area contributed by atoms with Crippen molar-refractivity contribution in [3.8, 4) is 0 Å². The molecular weight excluding hydrogens is 278 g/mol. The van der Waals surface area contributed by atoms with Crippen molar-refractivity contribution in [1.29, 1.82) is 0 Å². The lowest BCUT2D eigenvalue weighted by molar-refractivity contribution is 0.0497. The van der Waals surface area contributed by atoms with Crippen LogP contribution in [0.1, 0.15) is 49.4 Å². The normalized spacial score (nSPS) is 11.3. The van der Waals surface area contributed by atoms with Gasteiger partial charge in [-0.15, -0.1) is 0 Å². The molecule has 0 heterocycles. The van der Waals surface area contributed by atoms with Crippen molar-refractivity contribution < 1.29 is 17.9 Å². The zero-order valence-electron chi connectivity index (χ0n) is 11.7. The molecule has 0 radical (unpaired) electrons. The van der Waals surface area contributed by atoms with Gasteiger partial charge in [0, 0.05) is 0 Å². The molecule has 0 saturated heterocycles. The molecule has 0 fully saturated rings. The predicted molar refractivity (Wildman–Crippen MR) is 76.9 cm³/mol. The van der Waals surface area contributed by atoms with Gasteiger partial charge in [-0.3, -0.25) is 0 Å². The largest absolute Gasteiger partial charge is 0.462 e. The zero-order chi connectivity index (χ0) is 15.0. The highest BCUT2D eigenvalue weighted by molar-refractivity contribution is 7.89. The number of sulfonamides is 1. The Morgan fingerprint density at radius 3 is 2.25 bits per heavy atom. The third kappa shape index (κ3) is 5.71. The average Bonchev–Trinajstić information content (AvgIpc) is 2.41. The first-order valence-corrected chi connectivity index (χ1v) is 8.29. The van der Waals surface area contributed by atoms with Gasteiger partial charge in [0.2, 0.25) is 10.0 Å². The molecule has 1 aromatic carbocycles. The Bertz CT molecular complexity index is 523. The van der Waals surface area contributed by atoms with E-state index in [4.69, 9.17) is 9.88 Å². The number of unbranched alkanes of at least 4 members (excludes halogenated alkanes) is 4. The molecule has 0 aliphatic carbocycles. The summed E-state index contributed by atoms with van der Waals surface area (Å²) in [7, 11) is -3.73. The number of rotatable bonds is 8. The van der Waals surface area contributed by atoms with Crippen LogP contribution >= 0.6 is 0 Å². The van der Waals surface area contributed by atoms with E-state index in [0.717, 1.165) is 19.3 Å². The van der Waals surface area contributed by atoms with Gasteiger partial charge in [-0.25, -0.2) is 18.4 Å². The molecule has 0 amide bonds. The first kappa shape index (κ1) is 16.7. The van der Waals surface area contributed by atoms with Gasteiger partial charge < -0.3 is 4.74 Å². The maximum absolute atomic E-state index is 11.7. The van der Waals surface area contributed by atoms with Crippen LogP contribution in [0.5, 0.6) is 0 Å². The minimum Gasteiger partial charge on any atom is -0.462 e. The molecule has 2 N–H and O–H groups in total. The van der Waals surface area contributed by atoms with Gasteiger partial charge in [0.15, 0.2) is 0 Å². The lowest BCUT2D eigenvalue weighted by Gasteiger charge is -2.05. The van der Waals surface area contributed by atoms with Crippen LogP contribution in [-0.4, -0.2) is 21.0 Å². The molecule has 0 aliphatic heterocycles. The number of nitrogens with two attached hydrogens (primary N) is 1. The van der Waals surface area contributed by atoms with E-state index in [9.17, 15) is 13.2 Å². The summed E-state index contributed by atoms with van der Waals surface area (Å²) < 4.78 is 27.3. The van der Waals surface area contributed by atoms with Gasteiger partial charge in [-0.1, -0.05) is 32.6 Å². The molecule has 0 unspecified atom stereocenters. The molecule has 0 aromatic heterocycles. The van der Waals surface area contributed by atoms with Crippen LogP contribution in [0.15, 0.2) is 29.2 Å². The molecule has 20 heavy (non-hydrogen) atoms. The molecular formula is C14H21NO4S. The summed E-state index contributed by atoms with van der Waals surface area (Å²) >= 11 is 0. The van der Waals surface area contributed by atoms with E-state index in [0.29, 0.717) is 12.2 Å². The predicted octanol–water partition coefficient (Wildman–Crippen LogP) is 2.46. The van der Waals surface area contributed by atoms with Crippen molar-refractivity contribution in [2.45, 2.75) is 43.9 Å².